The molecule has 2 rings (SSSR count). The fourth-order valence-electron chi connectivity index (χ4n) is 1.69. The zero-order valence-electron chi connectivity index (χ0n) is 11.9. The fourth-order valence-corrected chi connectivity index (χ4v) is 2.16. The first-order valence-corrected chi connectivity index (χ1v) is 7.31. The first-order valence-electron chi connectivity index (χ1n) is 6.56. The van der Waals surface area contributed by atoms with Crippen LogP contribution in [0.2, 0.25) is 10.0 Å². The second-order valence-electron chi connectivity index (χ2n) is 4.47. The second kappa shape index (κ2) is 8.10. The summed E-state index contributed by atoms with van der Waals surface area (Å²) < 4.78 is 5.66. The van der Waals surface area contributed by atoms with E-state index in [1.165, 1.54) is 6.20 Å². The summed E-state index contributed by atoms with van der Waals surface area (Å²) in [6.45, 7) is 0.329. The highest BCUT2D eigenvalue weighted by Crippen LogP contribution is 2.23. The zero-order chi connectivity index (χ0) is 16.7. The number of hydrogen-bond acceptors (Lipinski definition) is 4. The Bertz CT molecular complexity index is 786. The lowest BCUT2D eigenvalue weighted by molar-refractivity contribution is 0.306. The summed E-state index contributed by atoms with van der Waals surface area (Å²) in [7, 11) is 0. The van der Waals surface area contributed by atoms with E-state index >= 15 is 0 Å². The molecule has 1 N–H and O–H groups in total. The molecule has 0 heterocycles. The molecule has 0 saturated carbocycles. The third-order valence-electron chi connectivity index (χ3n) is 2.89. The monoisotopic (exact) mass is 343 g/mol. The van der Waals surface area contributed by atoms with E-state index in [1.54, 1.807) is 48.5 Å². The Balaban J connectivity index is 1.97. The minimum atomic E-state index is 0.00251. The van der Waals surface area contributed by atoms with Gasteiger partial charge in [-0.05, 0) is 36.4 Å². The summed E-state index contributed by atoms with van der Waals surface area (Å²) >= 11 is 11.9. The maximum atomic E-state index is 8.65. The smallest absolute Gasteiger partial charge is 0.145 e. The molecule has 0 aliphatic rings. The van der Waals surface area contributed by atoms with Crippen molar-refractivity contribution < 1.29 is 4.74 Å². The molecule has 4 nitrogen and oxygen atoms in total. The first-order chi connectivity index (χ1) is 11.1. The number of ether oxygens (including phenoxy) is 1. The minimum Gasteiger partial charge on any atom is -0.489 e. The van der Waals surface area contributed by atoms with E-state index < -0.39 is 0 Å². The average Bonchev–Trinajstić information content (AvgIpc) is 2.56. The molecule has 0 saturated heterocycles. The molecule has 0 radical (unpaired) electrons. The summed E-state index contributed by atoms with van der Waals surface area (Å²) in [5, 5.41) is 21.3. The van der Waals surface area contributed by atoms with Crippen LogP contribution in [0.15, 0.2) is 54.2 Å². The van der Waals surface area contributed by atoms with Crippen molar-refractivity contribution in [2.45, 2.75) is 6.61 Å². The molecule has 114 valence electrons. The number of benzene rings is 2. The highest BCUT2D eigenvalue weighted by molar-refractivity contribution is 6.35. The quantitative estimate of drug-likeness (QED) is 0.782. The lowest BCUT2D eigenvalue weighted by Gasteiger charge is -2.09. The molecule has 2 aromatic rings. The van der Waals surface area contributed by atoms with Crippen LogP contribution < -0.4 is 10.1 Å². The van der Waals surface area contributed by atoms with Crippen LogP contribution >= 0.6 is 23.2 Å². The van der Waals surface area contributed by atoms with Crippen molar-refractivity contribution in [2.75, 3.05) is 5.32 Å². The molecule has 0 unspecified atom stereocenters. The maximum Gasteiger partial charge on any atom is 0.145 e. The number of halogens is 2. The molecule has 0 amide bonds. The van der Waals surface area contributed by atoms with E-state index in [-0.39, 0.29) is 5.57 Å². The molecule has 0 fully saturated rings. The molecule has 0 atom stereocenters. The summed E-state index contributed by atoms with van der Waals surface area (Å²) in [5.74, 6) is 0.673. The minimum absolute atomic E-state index is 0.00251. The van der Waals surface area contributed by atoms with Crippen molar-refractivity contribution in [1.29, 1.82) is 10.5 Å². The molecule has 0 bridgehead atoms. The number of allylic oxidation sites excluding steroid dienone is 1. The maximum absolute atomic E-state index is 8.65. The molecule has 2 aromatic carbocycles. The predicted octanol–water partition coefficient (Wildman–Crippen LogP) is 4.92. The molecule has 23 heavy (non-hydrogen) atoms. The van der Waals surface area contributed by atoms with Crippen LogP contribution in [0.4, 0.5) is 5.69 Å². The van der Waals surface area contributed by atoms with Crippen molar-refractivity contribution in [1.82, 2.24) is 0 Å². The predicted molar refractivity (Wildman–Crippen MR) is 90.2 cm³/mol. The van der Waals surface area contributed by atoms with Crippen LogP contribution in [0, 0.1) is 22.7 Å². The molecule has 0 aliphatic carbocycles. The van der Waals surface area contributed by atoms with Gasteiger partial charge in [0.1, 0.15) is 30.1 Å². The third-order valence-corrected chi connectivity index (χ3v) is 3.47. The van der Waals surface area contributed by atoms with Gasteiger partial charge in [0, 0.05) is 27.5 Å². The Hall–Kier alpha value is -2.66. The normalized spacial score (nSPS) is 9.39. The van der Waals surface area contributed by atoms with Gasteiger partial charge in [0.2, 0.25) is 0 Å². The zero-order valence-corrected chi connectivity index (χ0v) is 13.4. The highest BCUT2D eigenvalue weighted by Gasteiger charge is 2.03. The van der Waals surface area contributed by atoms with Crippen molar-refractivity contribution >= 4 is 28.9 Å². The van der Waals surface area contributed by atoms with Gasteiger partial charge in [-0.3, -0.25) is 0 Å². The summed E-state index contributed by atoms with van der Waals surface area (Å²) in [4.78, 5) is 0. The second-order valence-corrected chi connectivity index (χ2v) is 5.32. The molecule has 6 heteroatoms. The van der Waals surface area contributed by atoms with E-state index in [9.17, 15) is 0 Å². The Morgan fingerprint density at radius 1 is 1.09 bits per heavy atom. The van der Waals surface area contributed by atoms with Gasteiger partial charge in [-0.15, -0.1) is 0 Å². The molecule has 0 aromatic heterocycles. The van der Waals surface area contributed by atoms with Crippen molar-refractivity contribution in [3.05, 3.63) is 69.8 Å². The van der Waals surface area contributed by atoms with E-state index in [2.05, 4.69) is 5.32 Å². The van der Waals surface area contributed by atoms with Crippen LogP contribution in [-0.4, -0.2) is 0 Å². The fraction of sp³-hybridized carbons (Fsp3) is 0.0588. The van der Waals surface area contributed by atoms with Crippen molar-refractivity contribution in [3.63, 3.8) is 0 Å². The Labute approximate surface area is 144 Å². The third kappa shape index (κ3) is 4.93. The van der Waals surface area contributed by atoms with Gasteiger partial charge in [-0.1, -0.05) is 29.3 Å². The van der Waals surface area contributed by atoms with Gasteiger partial charge in [-0.25, -0.2) is 0 Å². The van der Waals surface area contributed by atoms with Crippen LogP contribution in [-0.2, 0) is 6.61 Å². The summed E-state index contributed by atoms with van der Waals surface area (Å²) in [5.41, 5.74) is 1.58. The highest BCUT2D eigenvalue weighted by atomic mass is 35.5. The molecule has 0 spiro atoms. The number of rotatable bonds is 5. The van der Waals surface area contributed by atoms with Gasteiger partial charge in [0.25, 0.3) is 0 Å². The van der Waals surface area contributed by atoms with E-state index in [0.29, 0.717) is 22.4 Å². The van der Waals surface area contributed by atoms with Gasteiger partial charge < -0.3 is 10.1 Å². The molecular formula is C17H11Cl2N3O. The largest absolute Gasteiger partial charge is 0.489 e. The Morgan fingerprint density at radius 3 is 2.39 bits per heavy atom. The van der Waals surface area contributed by atoms with E-state index in [4.69, 9.17) is 38.5 Å². The molecule has 0 aliphatic heterocycles. The van der Waals surface area contributed by atoms with Crippen molar-refractivity contribution in [2.24, 2.45) is 0 Å². The lowest BCUT2D eigenvalue weighted by Crippen LogP contribution is -1.96. The number of nitrogens with one attached hydrogen (secondary N) is 1. The standard InChI is InChI=1S/C17H11Cl2N3O/c18-14-2-1-13(17(19)7-14)11-23-16-5-3-15(4-6-16)22-10-12(8-20)9-21/h1-7,10,22H,11H2. The van der Waals surface area contributed by atoms with Crippen molar-refractivity contribution in [3.8, 4) is 17.9 Å². The summed E-state index contributed by atoms with van der Waals surface area (Å²) in [6, 6.07) is 15.9. The number of anilines is 1. The number of nitrogens with zero attached hydrogens (tertiary/aromatic N) is 2. The van der Waals surface area contributed by atoms with Crippen LogP contribution in [0.1, 0.15) is 5.56 Å². The number of hydrogen-bond donors (Lipinski definition) is 1. The van der Waals surface area contributed by atoms with Gasteiger partial charge in [0.15, 0.2) is 0 Å². The van der Waals surface area contributed by atoms with Gasteiger partial charge in [0.05, 0.1) is 0 Å². The van der Waals surface area contributed by atoms with Crippen LogP contribution in [0.25, 0.3) is 0 Å². The van der Waals surface area contributed by atoms with Gasteiger partial charge in [-0.2, -0.15) is 10.5 Å². The average molecular weight is 344 g/mol. The van der Waals surface area contributed by atoms with E-state index in [1.807, 2.05) is 6.07 Å². The first kappa shape index (κ1) is 16.7. The SMILES string of the molecule is N#CC(C#N)=CNc1ccc(OCc2ccc(Cl)cc2Cl)cc1. The van der Waals surface area contributed by atoms with Crippen LogP contribution in [0.3, 0.4) is 0 Å². The van der Waals surface area contributed by atoms with Crippen LogP contribution in [0.5, 0.6) is 5.75 Å². The van der Waals surface area contributed by atoms with E-state index in [0.717, 1.165) is 11.3 Å². The number of nitriles is 2. The lowest BCUT2D eigenvalue weighted by atomic mass is 10.2. The topological polar surface area (TPSA) is 68.8 Å². The Morgan fingerprint density at radius 2 is 1.78 bits per heavy atom. The Kier molecular flexibility index (Phi) is 5.88. The summed E-state index contributed by atoms with van der Waals surface area (Å²) in [6.07, 6.45) is 1.35. The van der Waals surface area contributed by atoms with Gasteiger partial charge >= 0.3 is 0 Å². The molecular weight excluding hydrogens is 333 g/mol.